The molecular formula is C16H25ClN4O4. The highest BCUT2D eigenvalue weighted by molar-refractivity contribution is 5.92. The zero-order chi connectivity index (χ0) is 17.1. The minimum absolute atomic E-state index is 0. The lowest BCUT2D eigenvalue weighted by atomic mass is 9.95. The second-order valence-corrected chi connectivity index (χ2v) is 6.47. The van der Waals surface area contributed by atoms with E-state index in [-0.39, 0.29) is 42.3 Å². The minimum atomic E-state index is -0.373. The summed E-state index contributed by atoms with van der Waals surface area (Å²) in [4.78, 5) is 26.5. The summed E-state index contributed by atoms with van der Waals surface area (Å²) in [6.45, 7) is 3.37. The third-order valence-electron chi connectivity index (χ3n) is 4.70. The number of nitrogens with zero attached hydrogens (tertiary/aromatic N) is 2. The number of likely N-dealkylation sites (tertiary alicyclic amines) is 1. The first-order valence-electron chi connectivity index (χ1n) is 8.45. The summed E-state index contributed by atoms with van der Waals surface area (Å²) in [6, 6.07) is 1.68. The van der Waals surface area contributed by atoms with Gasteiger partial charge in [-0.1, -0.05) is 5.16 Å². The number of ether oxygens (including phenoxy) is 1. The van der Waals surface area contributed by atoms with Gasteiger partial charge in [0.05, 0.1) is 6.10 Å². The molecule has 8 nitrogen and oxygen atoms in total. The Bertz CT molecular complexity index is 601. The van der Waals surface area contributed by atoms with E-state index < -0.39 is 0 Å². The van der Waals surface area contributed by atoms with Gasteiger partial charge in [0.1, 0.15) is 11.9 Å². The molecular weight excluding hydrogens is 348 g/mol. The predicted octanol–water partition coefficient (Wildman–Crippen LogP) is 1.09. The number of nitrogens with two attached hydrogens (primary N) is 1. The standard InChI is InChI=1S/C16H24N4O4.ClH/c1-10-8-14(19-24-10)18-15(21)11-4-6-20(7-5-11)16(22)13-3-2-12(9-17)23-13;/h8,11-13H,2-7,9,17H2,1H3,(H,18,19,21);1H/t12-,13+;/m1./s1. The van der Waals surface area contributed by atoms with Crippen molar-refractivity contribution in [3.63, 3.8) is 0 Å². The molecule has 0 aliphatic carbocycles. The molecule has 2 saturated heterocycles. The Balaban J connectivity index is 0.00000225. The number of piperidine rings is 1. The number of halogens is 1. The van der Waals surface area contributed by atoms with E-state index in [0.717, 1.165) is 12.8 Å². The average Bonchev–Trinajstić information content (AvgIpc) is 3.23. The number of rotatable bonds is 4. The van der Waals surface area contributed by atoms with Gasteiger partial charge in [0.2, 0.25) is 5.91 Å². The molecule has 2 atom stereocenters. The fraction of sp³-hybridized carbons (Fsp3) is 0.688. The SMILES string of the molecule is Cc1cc(NC(=O)C2CCN(C(=O)[C@@H]3CC[C@H](CN)O3)CC2)no1.Cl. The average molecular weight is 373 g/mol. The van der Waals surface area contributed by atoms with Crippen molar-refractivity contribution in [3.05, 3.63) is 11.8 Å². The van der Waals surface area contributed by atoms with Gasteiger partial charge in [-0.2, -0.15) is 0 Å². The molecule has 0 radical (unpaired) electrons. The fourth-order valence-corrected chi connectivity index (χ4v) is 3.28. The maximum Gasteiger partial charge on any atom is 0.251 e. The van der Waals surface area contributed by atoms with Crippen molar-refractivity contribution < 1.29 is 18.8 Å². The van der Waals surface area contributed by atoms with Crippen LogP contribution in [0.4, 0.5) is 5.82 Å². The Labute approximate surface area is 152 Å². The molecule has 0 bridgehead atoms. The van der Waals surface area contributed by atoms with Gasteiger partial charge < -0.3 is 25.2 Å². The number of carbonyl (C=O) groups is 2. The van der Waals surface area contributed by atoms with Crippen molar-refractivity contribution >= 4 is 30.0 Å². The second kappa shape index (κ2) is 8.64. The van der Waals surface area contributed by atoms with Gasteiger partial charge in [0.25, 0.3) is 5.91 Å². The molecule has 0 aromatic carbocycles. The van der Waals surface area contributed by atoms with Crippen molar-refractivity contribution in [1.82, 2.24) is 10.1 Å². The Kier molecular flexibility index (Phi) is 6.80. The van der Waals surface area contributed by atoms with Crippen LogP contribution in [0.5, 0.6) is 0 Å². The van der Waals surface area contributed by atoms with Crippen molar-refractivity contribution in [2.45, 2.75) is 44.8 Å². The van der Waals surface area contributed by atoms with E-state index in [1.807, 2.05) is 0 Å². The van der Waals surface area contributed by atoms with Gasteiger partial charge in [0.15, 0.2) is 5.82 Å². The predicted molar refractivity (Wildman–Crippen MR) is 93.4 cm³/mol. The maximum atomic E-state index is 12.5. The molecule has 2 amide bonds. The Hall–Kier alpha value is -1.64. The topological polar surface area (TPSA) is 111 Å². The number of hydrogen-bond acceptors (Lipinski definition) is 6. The van der Waals surface area contributed by atoms with Crippen molar-refractivity contribution in [2.75, 3.05) is 25.0 Å². The zero-order valence-electron chi connectivity index (χ0n) is 14.3. The summed E-state index contributed by atoms with van der Waals surface area (Å²) in [7, 11) is 0. The van der Waals surface area contributed by atoms with Gasteiger partial charge in [0, 0.05) is 31.6 Å². The molecule has 3 rings (SSSR count). The second-order valence-electron chi connectivity index (χ2n) is 6.47. The van der Waals surface area contributed by atoms with Crippen LogP contribution in [0.15, 0.2) is 10.6 Å². The first-order valence-corrected chi connectivity index (χ1v) is 8.45. The van der Waals surface area contributed by atoms with Crippen LogP contribution in [0.3, 0.4) is 0 Å². The molecule has 0 saturated carbocycles. The highest BCUT2D eigenvalue weighted by atomic mass is 35.5. The van der Waals surface area contributed by atoms with Crippen LogP contribution in [0.2, 0.25) is 0 Å². The lowest BCUT2D eigenvalue weighted by molar-refractivity contribution is -0.145. The van der Waals surface area contributed by atoms with E-state index in [9.17, 15) is 9.59 Å². The number of anilines is 1. The largest absolute Gasteiger partial charge is 0.364 e. The molecule has 0 unspecified atom stereocenters. The van der Waals surface area contributed by atoms with Gasteiger partial charge in [-0.3, -0.25) is 9.59 Å². The van der Waals surface area contributed by atoms with Crippen molar-refractivity contribution in [3.8, 4) is 0 Å². The molecule has 2 fully saturated rings. The molecule has 140 valence electrons. The van der Waals surface area contributed by atoms with Gasteiger partial charge in [-0.25, -0.2) is 0 Å². The normalized spacial score (nSPS) is 24.0. The number of nitrogens with one attached hydrogen (secondary N) is 1. The van der Waals surface area contributed by atoms with E-state index in [4.69, 9.17) is 15.0 Å². The van der Waals surface area contributed by atoms with Crippen LogP contribution in [-0.4, -0.2) is 53.7 Å². The van der Waals surface area contributed by atoms with Crippen molar-refractivity contribution in [2.24, 2.45) is 11.7 Å². The Morgan fingerprint density at radius 2 is 2.04 bits per heavy atom. The van der Waals surface area contributed by atoms with E-state index >= 15 is 0 Å². The maximum absolute atomic E-state index is 12.5. The monoisotopic (exact) mass is 372 g/mol. The van der Waals surface area contributed by atoms with Crippen LogP contribution in [-0.2, 0) is 14.3 Å². The number of carbonyl (C=O) groups excluding carboxylic acids is 2. The lowest BCUT2D eigenvalue weighted by Crippen LogP contribution is -2.45. The smallest absolute Gasteiger partial charge is 0.251 e. The van der Waals surface area contributed by atoms with Crippen LogP contribution in [0.25, 0.3) is 0 Å². The van der Waals surface area contributed by atoms with Crippen molar-refractivity contribution in [1.29, 1.82) is 0 Å². The van der Waals surface area contributed by atoms with Gasteiger partial charge in [-0.15, -0.1) is 12.4 Å². The molecule has 0 spiro atoms. The van der Waals surface area contributed by atoms with E-state index in [2.05, 4.69) is 10.5 Å². The van der Waals surface area contributed by atoms with Gasteiger partial charge >= 0.3 is 0 Å². The Morgan fingerprint density at radius 1 is 1.32 bits per heavy atom. The molecule has 3 N–H and O–H groups in total. The summed E-state index contributed by atoms with van der Waals surface area (Å²) in [6.07, 6.45) is 2.47. The molecule has 2 aliphatic heterocycles. The summed E-state index contributed by atoms with van der Waals surface area (Å²) in [5.74, 6) is 0.918. The molecule has 1 aromatic heterocycles. The Morgan fingerprint density at radius 3 is 2.60 bits per heavy atom. The van der Waals surface area contributed by atoms with Crippen LogP contribution in [0.1, 0.15) is 31.4 Å². The quantitative estimate of drug-likeness (QED) is 0.818. The zero-order valence-corrected chi connectivity index (χ0v) is 15.1. The van der Waals surface area contributed by atoms with Crippen LogP contribution in [0, 0.1) is 12.8 Å². The third kappa shape index (κ3) is 4.71. The number of amides is 2. The van der Waals surface area contributed by atoms with Gasteiger partial charge in [-0.05, 0) is 32.6 Å². The molecule has 3 heterocycles. The lowest BCUT2D eigenvalue weighted by Gasteiger charge is -2.32. The number of aromatic nitrogens is 1. The molecule has 2 aliphatic rings. The molecule has 9 heteroatoms. The molecule has 1 aromatic rings. The fourth-order valence-electron chi connectivity index (χ4n) is 3.28. The highest BCUT2D eigenvalue weighted by Crippen LogP contribution is 2.24. The third-order valence-corrected chi connectivity index (χ3v) is 4.70. The number of aryl methyl sites for hydroxylation is 1. The first kappa shape index (κ1) is 19.7. The minimum Gasteiger partial charge on any atom is -0.364 e. The van der Waals surface area contributed by atoms with E-state index in [0.29, 0.717) is 44.1 Å². The summed E-state index contributed by atoms with van der Waals surface area (Å²) >= 11 is 0. The summed E-state index contributed by atoms with van der Waals surface area (Å²) in [5.41, 5.74) is 5.58. The summed E-state index contributed by atoms with van der Waals surface area (Å²) < 4.78 is 10.6. The van der Waals surface area contributed by atoms with Crippen LogP contribution >= 0.6 is 12.4 Å². The highest BCUT2D eigenvalue weighted by Gasteiger charge is 2.35. The molecule has 25 heavy (non-hydrogen) atoms. The van der Waals surface area contributed by atoms with E-state index in [1.165, 1.54) is 0 Å². The van der Waals surface area contributed by atoms with E-state index in [1.54, 1.807) is 17.9 Å². The number of hydrogen-bond donors (Lipinski definition) is 2. The van der Waals surface area contributed by atoms with Crippen LogP contribution < -0.4 is 11.1 Å². The summed E-state index contributed by atoms with van der Waals surface area (Å²) in [5, 5.41) is 6.52. The first-order chi connectivity index (χ1) is 11.6.